The van der Waals surface area contributed by atoms with Crippen LogP contribution in [-0.4, -0.2) is 17.2 Å². The van der Waals surface area contributed by atoms with Crippen LogP contribution < -0.4 is 5.32 Å². The van der Waals surface area contributed by atoms with Crippen molar-refractivity contribution in [3.8, 4) is 0 Å². The van der Waals surface area contributed by atoms with Gasteiger partial charge in [0.25, 0.3) is 0 Å². The van der Waals surface area contributed by atoms with Crippen molar-refractivity contribution in [1.82, 2.24) is 4.98 Å². The lowest BCUT2D eigenvalue weighted by molar-refractivity contribution is -0.138. The van der Waals surface area contributed by atoms with E-state index in [0.29, 0.717) is 5.69 Å². The van der Waals surface area contributed by atoms with Crippen molar-refractivity contribution in [2.75, 3.05) is 5.32 Å². The van der Waals surface area contributed by atoms with E-state index in [0.717, 1.165) is 6.92 Å². The van der Waals surface area contributed by atoms with Gasteiger partial charge >= 0.3 is 6.18 Å². The molecule has 0 aliphatic carbocycles. The molecule has 1 heterocycles. The first-order valence-corrected chi connectivity index (χ1v) is 4.22. The van der Waals surface area contributed by atoms with Gasteiger partial charge in [-0.25, -0.2) is 4.98 Å². The molecule has 1 N–H and O–H groups in total. The van der Waals surface area contributed by atoms with E-state index >= 15 is 0 Å². The van der Waals surface area contributed by atoms with E-state index in [4.69, 9.17) is 11.6 Å². The Balaban J connectivity index is 2.65. The third kappa shape index (κ3) is 3.06. The number of halogens is 4. The fraction of sp³-hybridized carbons (Fsp3) is 0.375. The van der Waals surface area contributed by atoms with Crippen LogP contribution in [0.4, 0.5) is 18.9 Å². The molecule has 1 unspecified atom stereocenters. The van der Waals surface area contributed by atoms with E-state index < -0.39 is 12.2 Å². The van der Waals surface area contributed by atoms with E-state index in [1.807, 2.05) is 0 Å². The molecule has 6 heteroatoms. The van der Waals surface area contributed by atoms with Crippen LogP contribution in [0.3, 0.4) is 0 Å². The summed E-state index contributed by atoms with van der Waals surface area (Å²) in [6.45, 7) is 1.04. The van der Waals surface area contributed by atoms with Gasteiger partial charge in [-0.1, -0.05) is 11.6 Å². The molecule has 0 radical (unpaired) electrons. The van der Waals surface area contributed by atoms with E-state index in [1.165, 1.54) is 18.3 Å². The number of alkyl halides is 3. The van der Waals surface area contributed by atoms with Crippen LogP contribution >= 0.6 is 11.6 Å². The van der Waals surface area contributed by atoms with Crippen LogP contribution in [0.2, 0.25) is 5.15 Å². The van der Waals surface area contributed by atoms with Gasteiger partial charge in [-0.2, -0.15) is 13.2 Å². The quantitative estimate of drug-likeness (QED) is 0.781. The average Bonchev–Trinajstić information content (AvgIpc) is 2.07. The summed E-state index contributed by atoms with van der Waals surface area (Å²) < 4.78 is 36.3. The number of nitrogens with one attached hydrogen (secondary N) is 1. The normalized spacial score (nSPS) is 13.8. The number of pyridine rings is 1. The highest BCUT2D eigenvalue weighted by Crippen LogP contribution is 2.23. The first-order valence-electron chi connectivity index (χ1n) is 3.84. The molecule has 0 aromatic carbocycles. The molecule has 0 amide bonds. The third-order valence-corrected chi connectivity index (χ3v) is 1.83. The summed E-state index contributed by atoms with van der Waals surface area (Å²) >= 11 is 5.48. The fourth-order valence-corrected chi connectivity index (χ4v) is 0.905. The molecule has 1 rings (SSSR count). The van der Waals surface area contributed by atoms with Crippen molar-refractivity contribution in [3.05, 3.63) is 23.5 Å². The van der Waals surface area contributed by atoms with Gasteiger partial charge < -0.3 is 5.32 Å². The average molecular weight is 225 g/mol. The van der Waals surface area contributed by atoms with Crippen LogP contribution in [0.1, 0.15) is 6.92 Å². The number of nitrogens with zero attached hydrogens (tertiary/aromatic N) is 1. The van der Waals surface area contributed by atoms with E-state index in [1.54, 1.807) is 0 Å². The summed E-state index contributed by atoms with van der Waals surface area (Å²) in [5, 5.41) is 2.51. The predicted octanol–water partition coefficient (Wildman–Crippen LogP) is 3.10. The lowest BCUT2D eigenvalue weighted by atomic mass is 10.3. The zero-order valence-electron chi connectivity index (χ0n) is 7.27. The smallest absolute Gasteiger partial charge is 0.373 e. The molecule has 1 atom stereocenters. The molecule has 78 valence electrons. The summed E-state index contributed by atoms with van der Waals surface area (Å²) in [5.41, 5.74) is 0.291. The maximum Gasteiger partial charge on any atom is 0.408 e. The monoisotopic (exact) mass is 224 g/mol. The Hall–Kier alpha value is -0.970. The highest BCUT2D eigenvalue weighted by atomic mass is 35.5. The van der Waals surface area contributed by atoms with Crippen molar-refractivity contribution >= 4 is 17.3 Å². The standard InChI is InChI=1S/C8H8ClF3N2/c1-5(8(10,11)12)14-6-2-3-7(9)13-4-6/h2-5,14H,1H3. The number of anilines is 1. The zero-order valence-corrected chi connectivity index (χ0v) is 8.02. The van der Waals surface area contributed by atoms with E-state index in [-0.39, 0.29) is 5.15 Å². The Bertz CT molecular complexity index is 296. The summed E-state index contributed by atoms with van der Waals surface area (Å²) in [6.07, 6.45) is -3.01. The van der Waals surface area contributed by atoms with Crippen molar-refractivity contribution in [2.45, 2.75) is 19.1 Å². The first kappa shape index (κ1) is 11.1. The molecule has 0 spiro atoms. The second kappa shape index (κ2) is 4.04. The summed E-state index contributed by atoms with van der Waals surface area (Å²) in [4.78, 5) is 3.65. The largest absolute Gasteiger partial charge is 0.408 e. The second-order valence-corrected chi connectivity index (χ2v) is 3.16. The van der Waals surface area contributed by atoms with Gasteiger partial charge in [-0.3, -0.25) is 0 Å². The van der Waals surface area contributed by atoms with Crippen molar-refractivity contribution < 1.29 is 13.2 Å². The zero-order chi connectivity index (χ0) is 10.8. The van der Waals surface area contributed by atoms with Gasteiger partial charge in [-0.05, 0) is 19.1 Å². The van der Waals surface area contributed by atoms with Crippen molar-refractivity contribution in [1.29, 1.82) is 0 Å². The SMILES string of the molecule is CC(Nc1ccc(Cl)nc1)C(F)(F)F. The van der Waals surface area contributed by atoms with Crippen LogP contribution in [-0.2, 0) is 0 Å². The molecule has 0 saturated heterocycles. The minimum absolute atomic E-state index is 0.246. The molecular formula is C8H8ClF3N2. The molecule has 1 aromatic rings. The molecule has 1 aromatic heterocycles. The highest BCUT2D eigenvalue weighted by molar-refractivity contribution is 6.29. The minimum atomic E-state index is -4.26. The molecule has 0 saturated carbocycles. The Morgan fingerprint density at radius 3 is 2.50 bits per heavy atom. The molecule has 0 fully saturated rings. The van der Waals surface area contributed by atoms with Gasteiger partial charge in [0, 0.05) is 0 Å². The highest BCUT2D eigenvalue weighted by Gasteiger charge is 2.35. The Morgan fingerprint density at radius 2 is 2.07 bits per heavy atom. The second-order valence-electron chi connectivity index (χ2n) is 2.78. The van der Waals surface area contributed by atoms with Crippen LogP contribution in [0.5, 0.6) is 0 Å². The van der Waals surface area contributed by atoms with Gasteiger partial charge in [0.2, 0.25) is 0 Å². The molecule has 14 heavy (non-hydrogen) atoms. The van der Waals surface area contributed by atoms with E-state index in [2.05, 4.69) is 10.3 Å². The molecule has 0 aliphatic heterocycles. The van der Waals surface area contributed by atoms with Crippen molar-refractivity contribution in [3.63, 3.8) is 0 Å². The Morgan fingerprint density at radius 1 is 1.43 bits per heavy atom. The lowest BCUT2D eigenvalue weighted by Crippen LogP contribution is -2.33. The predicted molar refractivity (Wildman–Crippen MR) is 48.4 cm³/mol. The minimum Gasteiger partial charge on any atom is -0.373 e. The van der Waals surface area contributed by atoms with Crippen molar-refractivity contribution in [2.24, 2.45) is 0 Å². The van der Waals surface area contributed by atoms with Crippen LogP contribution in [0, 0.1) is 0 Å². The lowest BCUT2D eigenvalue weighted by Gasteiger charge is -2.17. The summed E-state index contributed by atoms with van der Waals surface area (Å²) in [5.74, 6) is 0. The van der Waals surface area contributed by atoms with Crippen LogP contribution in [0.25, 0.3) is 0 Å². The third-order valence-electron chi connectivity index (χ3n) is 1.60. The maximum absolute atomic E-state index is 12.1. The number of rotatable bonds is 2. The van der Waals surface area contributed by atoms with Gasteiger partial charge in [0.05, 0.1) is 11.9 Å². The van der Waals surface area contributed by atoms with E-state index in [9.17, 15) is 13.2 Å². The van der Waals surface area contributed by atoms with Gasteiger partial charge in [0.1, 0.15) is 11.2 Å². The molecular weight excluding hydrogens is 217 g/mol. The molecule has 0 aliphatic rings. The number of hydrogen-bond acceptors (Lipinski definition) is 2. The topological polar surface area (TPSA) is 24.9 Å². The number of aromatic nitrogens is 1. The number of hydrogen-bond donors (Lipinski definition) is 1. The first-order chi connectivity index (χ1) is 6.39. The van der Waals surface area contributed by atoms with Gasteiger partial charge in [-0.15, -0.1) is 0 Å². The summed E-state index contributed by atoms with van der Waals surface area (Å²) in [7, 11) is 0. The maximum atomic E-state index is 12.1. The molecule has 0 bridgehead atoms. The van der Waals surface area contributed by atoms with Gasteiger partial charge in [0.15, 0.2) is 0 Å². The Labute approximate surface area is 84.1 Å². The Kier molecular flexibility index (Phi) is 3.21. The molecule has 2 nitrogen and oxygen atoms in total. The van der Waals surface area contributed by atoms with Crippen LogP contribution in [0.15, 0.2) is 18.3 Å². The summed E-state index contributed by atoms with van der Waals surface area (Å²) in [6, 6.07) is 1.26. The fourth-order valence-electron chi connectivity index (χ4n) is 0.793.